The number of rotatable bonds is 3. The van der Waals surface area contributed by atoms with Crippen LogP contribution in [0.15, 0.2) is 24.4 Å². The quantitative estimate of drug-likeness (QED) is 0.920. The van der Waals surface area contributed by atoms with Crippen molar-refractivity contribution in [3.63, 3.8) is 0 Å². The second-order valence-corrected chi connectivity index (χ2v) is 6.51. The number of nitrogens with two attached hydrogens (primary N) is 1. The van der Waals surface area contributed by atoms with Crippen molar-refractivity contribution in [3.05, 3.63) is 30.1 Å². The SMILES string of the molecule is CC1CCC(C(C)C)C(C(N)=O)C1.CCc1ccccn1. The average Bonchev–Trinajstić information content (AvgIpc) is 2.48. The maximum atomic E-state index is 11.2. The van der Waals surface area contributed by atoms with Gasteiger partial charge in [0.2, 0.25) is 5.91 Å². The number of carbonyl (C=O) groups excluding carboxylic acids is 1. The van der Waals surface area contributed by atoms with Crippen molar-refractivity contribution in [3.8, 4) is 0 Å². The van der Waals surface area contributed by atoms with Crippen molar-refractivity contribution >= 4 is 5.91 Å². The minimum atomic E-state index is -0.0924. The third-order valence-electron chi connectivity index (χ3n) is 4.48. The van der Waals surface area contributed by atoms with Crippen molar-refractivity contribution < 1.29 is 4.79 Å². The molecule has 0 aromatic carbocycles. The lowest BCUT2D eigenvalue weighted by molar-refractivity contribution is -0.125. The normalized spacial score (nSPS) is 25.1. The number of primary amides is 1. The molecule has 0 radical (unpaired) electrons. The van der Waals surface area contributed by atoms with Crippen LogP contribution in [-0.2, 0) is 11.2 Å². The van der Waals surface area contributed by atoms with Gasteiger partial charge in [0.05, 0.1) is 0 Å². The van der Waals surface area contributed by atoms with Gasteiger partial charge in [0, 0.05) is 17.8 Å². The van der Waals surface area contributed by atoms with Gasteiger partial charge < -0.3 is 5.73 Å². The Balaban J connectivity index is 0.000000235. The number of amides is 1. The molecule has 118 valence electrons. The molecule has 3 atom stereocenters. The van der Waals surface area contributed by atoms with Crippen molar-refractivity contribution in [2.24, 2.45) is 29.4 Å². The summed E-state index contributed by atoms with van der Waals surface area (Å²) in [7, 11) is 0. The summed E-state index contributed by atoms with van der Waals surface area (Å²) in [6, 6.07) is 5.96. The van der Waals surface area contributed by atoms with Crippen molar-refractivity contribution in [1.29, 1.82) is 0 Å². The molecular formula is C18H30N2O. The highest BCUT2D eigenvalue weighted by atomic mass is 16.1. The molecular weight excluding hydrogens is 260 g/mol. The molecule has 0 aliphatic heterocycles. The molecule has 1 aromatic heterocycles. The van der Waals surface area contributed by atoms with Crippen LogP contribution >= 0.6 is 0 Å². The first-order valence-electron chi connectivity index (χ1n) is 8.14. The topological polar surface area (TPSA) is 56.0 Å². The molecule has 1 saturated carbocycles. The van der Waals surface area contributed by atoms with Gasteiger partial charge in [-0.25, -0.2) is 0 Å². The van der Waals surface area contributed by atoms with Crippen LogP contribution in [0.2, 0.25) is 0 Å². The third-order valence-corrected chi connectivity index (χ3v) is 4.48. The molecule has 1 aromatic rings. The van der Waals surface area contributed by atoms with E-state index in [1.54, 1.807) is 0 Å². The summed E-state index contributed by atoms with van der Waals surface area (Å²) in [5.41, 5.74) is 6.58. The minimum absolute atomic E-state index is 0.0924. The van der Waals surface area contributed by atoms with Gasteiger partial charge in [-0.1, -0.05) is 40.2 Å². The monoisotopic (exact) mass is 290 g/mol. The maximum Gasteiger partial charge on any atom is 0.220 e. The van der Waals surface area contributed by atoms with E-state index >= 15 is 0 Å². The van der Waals surface area contributed by atoms with E-state index in [9.17, 15) is 4.79 Å². The van der Waals surface area contributed by atoms with Crippen LogP contribution in [0.1, 0.15) is 52.7 Å². The number of aromatic nitrogens is 1. The minimum Gasteiger partial charge on any atom is -0.369 e. The van der Waals surface area contributed by atoms with Gasteiger partial charge in [-0.3, -0.25) is 9.78 Å². The molecule has 3 unspecified atom stereocenters. The fraction of sp³-hybridized carbons (Fsp3) is 0.667. The summed E-state index contributed by atoms with van der Waals surface area (Å²) in [5.74, 6) is 1.82. The lowest BCUT2D eigenvalue weighted by Crippen LogP contribution is -2.37. The Bertz CT molecular complexity index is 416. The highest BCUT2D eigenvalue weighted by Gasteiger charge is 2.33. The molecule has 3 heteroatoms. The Hall–Kier alpha value is -1.38. The maximum absolute atomic E-state index is 11.2. The molecule has 0 bridgehead atoms. The van der Waals surface area contributed by atoms with Gasteiger partial charge in [-0.05, 0) is 49.1 Å². The summed E-state index contributed by atoms with van der Waals surface area (Å²) in [6.07, 6.45) is 6.27. The summed E-state index contributed by atoms with van der Waals surface area (Å²) in [6.45, 7) is 8.70. The van der Waals surface area contributed by atoms with Crippen LogP contribution < -0.4 is 5.73 Å². The van der Waals surface area contributed by atoms with E-state index in [0.29, 0.717) is 17.8 Å². The number of aryl methyl sites for hydroxylation is 1. The van der Waals surface area contributed by atoms with E-state index < -0.39 is 0 Å². The molecule has 1 aliphatic carbocycles. The van der Waals surface area contributed by atoms with Gasteiger partial charge in [0.25, 0.3) is 0 Å². The predicted molar refractivity (Wildman–Crippen MR) is 87.6 cm³/mol. The summed E-state index contributed by atoms with van der Waals surface area (Å²) < 4.78 is 0. The van der Waals surface area contributed by atoms with Crippen LogP contribution in [0.3, 0.4) is 0 Å². The van der Waals surface area contributed by atoms with Crippen molar-refractivity contribution in [2.75, 3.05) is 0 Å². The highest BCUT2D eigenvalue weighted by Crippen LogP contribution is 2.37. The third kappa shape index (κ3) is 5.86. The van der Waals surface area contributed by atoms with E-state index in [4.69, 9.17) is 5.73 Å². The van der Waals surface area contributed by atoms with E-state index in [1.165, 1.54) is 12.8 Å². The van der Waals surface area contributed by atoms with Crippen LogP contribution in [0.25, 0.3) is 0 Å². The average molecular weight is 290 g/mol. The number of carbonyl (C=O) groups is 1. The van der Waals surface area contributed by atoms with Gasteiger partial charge in [-0.15, -0.1) is 0 Å². The van der Waals surface area contributed by atoms with Gasteiger partial charge in [0.1, 0.15) is 0 Å². The molecule has 2 N–H and O–H groups in total. The van der Waals surface area contributed by atoms with Gasteiger partial charge in [-0.2, -0.15) is 0 Å². The Morgan fingerprint density at radius 1 is 1.38 bits per heavy atom. The number of nitrogens with zero attached hydrogens (tertiary/aromatic N) is 1. The van der Waals surface area contributed by atoms with Crippen LogP contribution in [-0.4, -0.2) is 10.9 Å². The van der Waals surface area contributed by atoms with E-state index in [0.717, 1.165) is 18.5 Å². The molecule has 1 aliphatic rings. The first-order valence-corrected chi connectivity index (χ1v) is 8.14. The zero-order valence-electron chi connectivity index (χ0n) is 13.9. The lowest BCUT2D eigenvalue weighted by Gasteiger charge is -2.35. The molecule has 1 amide bonds. The van der Waals surface area contributed by atoms with Crippen molar-refractivity contribution in [1.82, 2.24) is 4.98 Å². The standard InChI is InChI=1S/C11H21NO.C7H9N/c1-7(2)9-5-4-8(3)6-10(9)11(12)13;1-2-7-5-3-4-6-8-7/h7-10H,4-6H2,1-3H3,(H2,12,13);3-6H,2H2,1H3. The molecule has 0 saturated heterocycles. The Morgan fingerprint density at radius 3 is 2.52 bits per heavy atom. The summed E-state index contributed by atoms with van der Waals surface area (Å²) in [4.78, 5) is 15.3. The van der Waals surface area contributed by atoms with Crippen molar-refractivity contribution in [2.45, 2.75) is 53.4 Å². The highest BCUT2D eigenvalue weighted by molar-refractivity contribution is 5.77. The largest absolute Gasteiger partial charge is 0.369 e. The fourth-order valence-corrected chi connectivity index (χ4v) is 3.14. The van der Waals surface area contributed by atoms with E-state index in [2.05, 4.69) is 32.7 Å². The smallest absolute Gasteiger partial charge is 0.220 e. The molecule has 2 rings (SSSR count). The van der Waals surface area contributed by atoms with E-state index in [-0.39, 0.29) is 11.8 Å². The Morgan fingerprint density at radius 2 is 2.10 bits per heavy atom. The summed E-state index contributed by atoms with van der Waals surface area (Å²) >= 11 is 0. The first-order chi connectivity index (χ1) is 9.95. The fourth-order valence-electron chi connectivity index (χ4n) is 3.14. The number of pyridine rings is 1. The molecule has 1 heterocycles. The second kappa shape index (κ2) is 8.81. The Labute approximate surface area is 129 Å². The Kier molecular flexibility index (Phi) is 7.41. The van der Waals surface area contributed by atoms with Gasteiger partial charge in [0.15, 0.2) is 0 Å². The first kappa shape index (κ1) is 17.7. The van der Waals surface area contributed by atoms with E-state index in [1.807, 2.05) is 24.4 Å². The van der Waals surface area contributed by atoms with Gasteiger partial charge >= 0.3 is 0 Å². The second-order valence-electron chi connectivity index (χ2n) is 6.51. The molecule has 0 spiro atoms. The number of hydrogen-bond acceptors (Lipinski definition) is 2. The summed E-state index contributed by atoms with van der Waals surface area (Å²) in [5, 5.41) is 0. The number of hydrogen-bond donors (Lipinski definition) is 1. The van der Waals surface area contributed by atoms with Crippen LogP contribution in [0.5, 0.6) is 0 Å². The predicted octanol–water partition coefficient (Wildman–Crippen LogP) is 3.82. The molecule has 1 fully saturated rings. The zero-order chi connectivity index (χ0) is 15.8. The molecule has 21 heavy (non-hydrogen) atoms. The zero-order valence-corrected chi connectivity index (χ0v) is 13.9. The molecule has 3 nitrogen and oxygen atoms in total. The van der Waals surface area contributed by atoms with Crippen LogP contribution in [0.4, 0.5) is 0 Å². The van der Waals surface area contributed by atoms with Crippen LogP contribution in [0, 0.1) is 23.7 Å². The lowest BCUT2D eigenvalue weighted by atomic mass is 9.70.